The van der Waals surface area contributed by atoms with Gasteiger partial charge < -0.3 is 10.2 Å². The maximum Gasteiger partial charge on any atom is 0.161 e. The van der Waals surface area contributed by atoms with E-state index in [1.54, 1.807) is 12.4 Å². The first kappa shape index (κ1) is 24.7. The molecular formula is C29H28FN9. The second-order valence-corrected chi connectivity index (χ2v) is 9.92. The number of aromatic nitrogens is 6. The van der Waals surface area contributed by atoms with E-state index in [1.165, 1.54) is 16.4 Å². The van der Waals surface area contributed by atoms with Gasteiger partial charge >= 0.3 is 0 Å². The Balaban J connectivity index is 1.27. The van der Waals surface area contributed by atoms with E-state index in [0.717, 1.165) is 60.2 Å². The molecule has 1 fully saturated rings. The fraction of sp³-hybridized carbons (Fsp3) is 0.276. The van der Waals surface area contributed by atoms with Gasteiger partial charge in [0, 0.05) is 36.8 Å². The van der Waals surface area contributed by atoms with Crippen molar-refractivity contribution in [1.29, 1.82) is 5.26 Å². The van der Waals surface area contributed by atoms with E-state index in [1.807, 2.05) is 36.0 Å². The lowest BCUT2D eigenvalue weighted by atomic mass is 9.89. The van der Waals surface area contributed by atoms with Gasteiger partial charge in [-0.2, -0.15) is 15.5 Å². The van der Waals surface area contributed by atoms with Crippen molar-refractivity contribution in [2.75, 3.05) is 25.0 Å². The van der Waals surface area contributed by atoms with Crippen molar-refractivity contribution in [3.8, 4) is 23.0 Å². The zero-order valence-electron chi connectivity index (χ0n) is 21.8. The molecule has 5 aromatic rings. The highest BCUT2D eigenvalue weighted by Gasteiger charge is 2.20. The molecule has 0 bridgehead atoms. The van der Waals surface area contributed by atoms with E-state index < -0.39 is 5.82 Å². The summed E-state index contributed by atoms with van der Waals surface area (Å²) in [4.78, 5) is 11.3. The normalized spacial score (nSPS) is 14.8. The quantitative estimate of drug-likeness (QED) is 0.347. The highest BCUT2D eigenvalue weighted by Crippen LogP contribution is 2.34. The maximum atomic E-state index is 13.3. The van der Waals surface area contributed by atoms with E-state index >= 15 is 0 Å². The highest BCUT2D eigenvalue weighted by molar-refractivity contribution is 5.84. The molecule has 0 amide bonds. The molecule has 1 aliphatic heterocycles. The summed E-state index contributed by atoms with van der Waals surface area (Å²) in [6.07, 6.45) is 11.9. The number of rotatable bonds is 6. The molecule has 10 heteroatoms. The maximum absolute atomic E-state index is 13.3. The molecule has 0 unspecified atom stereocenters. The van der Waals surface area contributed by atoms with Gasteiger partial charge in [-0.1, -0.05) is 6.07 Å². The zero-order valence-corrected chi connectivity index (χ0v) is 21.8. The molecule has 0 radical (unpaired) electrons. The molecule has 5 aromatic heterocycles. The van der Waals surface area contributed by atoms with Crippen LogP contribution in [0.15, 0.2) is 67.5 Å². The Morgan fingerprint density at radius 1 is 1.05 bits per heavy atom. The summed E-state index contributed by atoms with van der Waals surface area (Å²) in [5, 5.41) is 21.6. The Hall–Kier alpha value is -4.62. The minimum Gasteiger partial charge on any atom is -0.353 e. The largest absolute Gasteiger partial charge is 0.353 e. The number of hydrogen-bond acceptors (Lipinski definition) is 7. The molecular weight excluding hydrogens is 493 g/mol. The van der Waals surface area contributed by atoms with E-state index in [9.17, 15) is 9.65 Å². The number of hydrogen-bond donors (Lipinski definition) is 1. The Bertz CT molecular complexity index is 1640. The smallest absolute Gasteiger partial charge is 0.161 e. The predicted octanol–water partition coefficient (Wildman–Crippen LogP) is 4.65. The van der Waals surface area contributed by atoms with E-state index in [2.05, 4.69) is 56.7 Å². The summed E-state index contributed by atoms with van der Waals surface area (Å²) in [6.45, 7) is 4.08. The molecule has 1 N–H and O–H groups in total. The van der Waals surface area contributed by atoms with Crippen molar-refractivity contribution < 1.29 is 4.39 Å². The van der Waals surface area contributed by atoms with Crippen molar-refractivity contribution in [2.24, 2.45) is 0 Å². The monoisotopic (exact) mass is 521 g/mol. The fourth-order valence-corrected chi connectivity index (χ4v) is 5.20. The third kappa shape index (κ3) is 4.73. The zero-order chi connectivity index (χ0) is 26.9. The number of nitriles is 1. The lowest BCUT2D eigenvalue weighted by Gasteiger charge is -2.26. The van der Waals surface area contributed by atoms with Crippen LogP contribution in [-0.2, 0) is 0 Å². The Morgan fingerprint density at radius 3 is 2.56 bits per heavy atom. The van der Waals surface area contributed by atoms with E-state index in [-0.39, 0.29) is 6.04 Å². The van der Waals surface area contributed by atoms with Crippen LogP contribution in [0.3, 0.4) is 0 Å². The van der Waals surface area contributed by atoms with Gasteiger partial charge in [0.05, 0.1) is 35.7 Å². The second kappa shape index (κ2) is 10.3. The van der Waals surface area contributed by atoms with Crippen LogP contribution in [0, 0.1) is 17.1 Å². The summed E-state index contributed by atoms with van der Waals surface area (Å²) >= 11 is 0. The first-order valence-electron chi connectivity index (χ1n) is 13.0. The average Bonchev–Trinajstić information content (AvgIpc) is 3.62. The Kier molecular flexibility index (Phi) is 6.50. The van der Waals surface area contributed by atoms with Gasteiger partial charge in [0.25, 0.3) is 0 Å². The Labute approximate surface area is 225 Å². The van der Waals surface area contributed by atoms with Crippen molar-refractivity contribution in [3.05, 3.63) is 90.0 Å². The summed E-state index contributed by atoms with van der Waals surface area (Å²) in [5.74, 6) is 1.41. The summed E-state index contributed by atoms with van der Waals surface area (Å²) in [5.41, 5.74) is 5.48. The number of piperidine rings is 1. The minimum absolute atomic E-state index is 0.00535. The fourth-order valence-electron chi connectivity index (χ4n) is 5.20. The molecule has 196 valence electrons. The lowest BCUT2D eigenvalue weighted by molar-refractivity contribution is 0.459. The molecule has 1 atom stereocenters. The third-order valence-corrected chi connectivity index (χ3v) is 7.60. The van der Waals surface area contributed by atoms with E-state index in [0.29, 0.717) is 17.3 Å². The van der Waals surface area contributed by atoms with Crippen LogP contribution in [0.4, 0.5) is 10.2 Å². The number of nitrogens with zero attached hydrogens (tertiary/aromatic N) is 8. The van der Waals surface area contributed by atoms with Gasteiger partial charge in [-0.15, -0.1) is 0 Å². The van der Waals surface area contributed by atoms with Crippen molar-refractivity contribution in [1.82, 2.24) is 34.7 Å². The first-order valence-corrected chi connectivity index (χ1v) is 13.0. The standard InChI is InChI=1S/C29H28FN9/c1-19(21-3-6-28(34-13-21)38-18-25(30)16-36-38)37(2)27-5-4-22(14-33-27)26-11-23(20-7-9-32-10-8-20)17-39-29(26)24(12-31)15-35-39/h3-6,11,13-20,32H,7-10H2,1-2H3/t19-/m0/s1. The molecule has 6 rings (SSSR count). The van der Waals surface area contributed by atoms with Crippen molar-refractivity contribution >= 4 is 11.3 Å². The van der Waals surface area contributed by atoms with Crippen LogP contribution in [0.25, 0.3) is 22.5 Å². The van der Waals surface area contributed by atoms with Crippen LogP contribution in [0.5, 0.6) is 0 Å². The number of nitrogens with one attached hydrogen (secondary N) is 1. The molecule has 0 aliphatic carbocycles. The molecule has 9 nitrogen and oxygen atoms in total. The summed E-state index contributed by atoms with van der Waals surface area (Å²) in [7, 11) is 1.99. The van der Waals surface area contributed by atoms with Gasteiger partial charge in [0.2, 0.25) is 0 Å². The van der Waals surface area contributed by atoms with Crippen LogP contribution in [0.2, 0.25) is 0 Å². The predicted molar refractivity (Wildman–Crippen MR) is 146 cm³/mol. The van der Waals surface area contributed by atoms with Gasteiger partial charge in [0.1, 0.15) is 11.9 Å². The van der Waals surface area contributed by atoms with Crippen LogP contribution in [0.1, 0.15) is 48.4 Å². The number of fused-ring (bicyclic) bond motifs is 1. The molecule has 1 saturated heterocycles. The average molecular weight is 522 g/mol. The van der Waals surface area contributed by atoms with Crippen LogP contribution < -0.4 is 10.2 Å². The van der Waals surface area contributed by atoms with Crippen LogP contribution in [-0.4, -0.2) is 49.5 Å². The third-order valence-electron chi connectivity index (χ3n) is 7.60. The molecule has 0 saturated carbocycles. The van der Waals surface area contributed by atoms with Gasteiger partial charge in [-0.3, -0.25) is 0 Å². The molecule has 0 spiro atoms. The molecule has 39 heavy (non-hydrogen) atoms. The second-order valence-electron chi connectivity index (χ2n) is 9.92. The minimum atomic E-state index is -0.403. The van der Waals surface area contributed by atoms with E-state index in [4.69, 9.17) is 4.98 Å². The number of halogens is 1. The van der Waals surface area contributed by atoms with Crippen LogP contribution >= 0.6 is 0 Å². The summed E-state index contributed by atoms with van der Waals surface area (Å²) in [6, 6.07) is 12.3. The summed E-state index contributed by atoms with van der Waals surface area (Å²) < 4.78 is 16.5. The van der Waals surface area contributed by atoms with Gasteiger partial charge in [-0.25, -0.2) is 23.6 Å². The molecule has 6 heterocycles. The van der Waals surface area contributed by atoms with Gasteiger partial charge in [-0.05, 0) is 74.2 Å². The SMILES string of the molecule is C[C@@H](c1ccc(-n2cc(F)cn2)nc1)N(C)c1ccc(-c2cc(C3CCNCC3)cn3ncc(C#N)c23)cn1. The van der Waals surface area contributed by atoms with Crippen molar-refractivity contribution in [2.45, 2.75) is 31.7 Å². The van der Waals surface area contributed by atoms with Crippen molar-refractivity contribution in [3.63, 3.8) is 0 Å². The lowest BCUT2D eigenvalue weighted by Crippen LogP contribution is -2.26. The molecule has 0 aromatic carbocycles. The Morgan fingerprint density at radius 2 is 1.90 bits per heavy atom. The number of pyridine rings is 3. The van der Waals surface area contributed by atoms with Gasteiger partial charge in [0.15, 0.2) is 11.6 Å². The topological polar surface area (TPSA) is 100.0 Å². The number of anilines is 1. The molecule has 1 aliphatic rings. The first-order chi connectivity index (χ1) is 19.0. The highest BCUT2D eigenvalue weighted by atomic mass is 19.1.